The molecule has 0 atom stereocenters. The smallest absolute Gasteiger partial charge is 0.475 e. The first-order valence-corrected chi connectivity index (χ1v) is 9.54. The number of rotatable bonds is 2. The molecule has 1 saturated heterocycles. The second-order valence-corrected chi connectivity index (χ2v) is 7.15. The second kappa shape index (κ2) is 9.19. The fourth-order valence-electron chi connectivity index (χ4n) is 3.28. The van der Waals surface area contributed by atoms with Crippen molar-refractivity contribution in [3.05, 3.63) is 53.6 Å². The van der Waals surface area contributed by atoms with Gasteiger partial charge in [0.15, 0.2) is 5.58 Å². The third kappa shape index (κ3) is 5.78. The van der Waals surface area contributed by atoms with Crippen LogP contribution in [-0.4, -0.2) is 35.3 Å². The number of oxazole rings is 1. The number of carboxylic acids is 1. The largest absolute Gasteiger partial charge is 0.490 e. The number of piperidine rings is 1. The number of hydrogen-bond donors (Lipinski definition) is 2. The average molecular weight is 460 g/mol. The topological polar surface area (TPSA) is 75.4 Å². The third-order valence-corrected chi connectivity index (χ3v) is 4.92. The summed E-state index contributed by atoms with van der Waals surface area (Å²) < 4.78 is 75.5. The number of carbonyl (C=O) groups is 1. The van der Waals surface area contributed by atoms with Crippen molar-refractivity contribution in [2.75, 3.05) is 13.1 Å². The van der Waals surface area contributed by atoms with Crippen LogP contribution in [0, 0.1) is 0 Å². The molecule has 1 aliphatic rings. The van der Waals surface area contributed by atoms with Crippen LogP contribution in [0.25, 0.3) is 22.6 Å². The molecule has 0 unspecified atom stereocenters. The summed E-state index contributed by atoms with van der Waals surface area (Å²) in [6.45, 7) is 2.02. The van der Waals surface area contributed by atoms with E-state index in [1.165, 1.54) is 17.7 Å². The van der Waals surface area contributed by atoms with Crippen LogP contribution < -0.4 is 5.32 Å². The van der Waals surface area contributed by atoms with Crippen LogP contribution in [0.4, 0.5) is 26.3 Å². The first-order chi connectivity index (χ1) is 14.9. The average Bonchev–Trinajstić information content (AvgIpc) is 3.17. The summed E-state index contributed by atoms with van der Waals surface area (Å²) in [7, 11) is 0. The highest BCUT2D eigenvalue weighted by atomic mass is 19.4. The normalized spacial score (nSPS) is 15.3. The van der Waals surface area contributed by atoms with Gasteiger partial charge in [-0.1, -0.05) is 6.07 Å². The minimum Gasteiger partial charge on any atom is -0.475 e. The molecule has 11 heteroatoms. The van der Waals surface area contributed by atoms with E-state index < -0.39 is 23.9 Å². The van der Waals surface area contributed by atoms with Crippen molar-refractivity contribution < 1.29 is 40.7 Å². The van der Waals surface area contributed by atoms with E-state index >= 15 is 0 Å². The van der Waals surface area contributed by atoms with Gasteiger partial charge in [0.1, 0.15) is 5.52 Å². The Kier molecular flexibility index (Phi) is 6.77. The summed E-state index contributed by atoms with van der Waals surface area (Å²) >= 11 is 0. The maximum Gasteiger partial charge on any atom is 0.490 e. The van der Waals surface area contributed by atoms with E-state index in [0.29, 0.717) is 23.0 Å². The number of nitrogens with zero attached hydrogens (tertiary/aromatic N) is 1. The Bertz CT molecular complexity index is 1070. The molecule has 0 bridgehead atoms. The number of halogens is 6. The Morgan fingerprint density at radius 1 is 1.00 bits per heavy atom. The highest BCUT2D eigenvalue weighted by Crippen LogP contribution is 2.33. The van der Waals surface area contributed by atoms with Gasteiger partial charge in [0.25, 0.3) is 0 Å². The highest BCUT2D eigenvalue weighted by molar-refractivity contribution is 5.77. The number of aromatic nitrogens is 1. The van der Waals surface area contributed by atoms with E-state index in [1.807, 2.05) is 12.1 Å². The van der Waals surface area contributed by atoms with E-state index in [1.54, 1.807) is 0 Å². The molecule has 0 radical (unpaired) electrons. The first-order valence-electron chi connectivity index (χ1n) is 9.54. The molecular weight excluding hydrogens is 442 g/mol. The van der Waals surface area contributed by atoms with E-state index in [9.17, 15) is 26.3 Å². The van der Waals surface area contributed by atoms with Gasteiger partial charge in [0, 0.05) is 5.56 Å². The van der Waals surface area contributed by atoms with Crippen LogP contribution in [0.2, 0.25) is 0 Å². The Morgan fingerprint density at radius 2 is 1.59 bits per heavy atom. The van der Waals surface area contributed by atoms with Gasteiger partial charge in [-0.2, -0.15) is 26.3 Å². The number of aliphatic carboxylic acids is 1. The van der Waals surface area contributed by atoms with Crippen LogP contribution in [0.15, 0.2) is 46.9 Å². The second-order valence-electron chi connectivity index (χ2n) is 7.15. The number of hydrogen-bond acceptors (Lipinski definition) is 4. The maximum atomic E-state index is 12.7. The number of nitrogens with one attached hydrogen (secondary N) is 1. The van der Waals surface area contributed by atoms with Crippen molar-refractivity contribution in [2.45, 2.75) is 31.1 Å². The molecular formula is C21H18F6N2O3. The molecule has 1 aliphatic heterocycles. The van der Waals surface area contributed by atoms with Gasteiger partial charge in [-0.05, 0) is 73.8 Å². The van der Waals surface area contributed by atoms with Gasteiger partial charge >= 0.3 is 18.3 Å². The molecule has 1 fully saturated rings. The van der Waals surface area contributed by atoms with Gasteiger partial charge in [0.2, 0.25) is 5.89 Å². The van der Waals surface area contributed by atoms with Gasteiger partial charge in [0.05, 0.1) is 5.56 Å². The quantitative estimate of drug-likeness (QED) is 0.486. The summed E-state index contributed by atoms with van der Waals surface area (Å²) in [5.74, 6) is -1.91. The SMILES string of the molecule is FC(F)(F)c1ccc(-c2nc3cc(C4CCNCC4)ccc3o2)cc1.O=C(O)C(F)(F)F. The standard InChI is InChI=1S/C19H17F3N2O.C2HF3O2/c20-19(21,22)15-4-1-13(2-5-15)18-24-16-11-14(3-6-17(16)25-18)12-7-9-23-10-8-12;3-2(4,5)1(6)7/h1-6,11-12,23H,7-10H2;(H,6,7). The van der Waals surface area contributed by atoms with Gasteiger partial charge < -0.3 is 14.8 Å². The minimum atomic E-state index is -5.08. The molecule has 1 aromatic heterocycles. The Morgan fingerprint density at radius 3 is 2.12 bits per heavy atom. The van der Waals surface area contributed by atoms with Gasteiger partial charge in [-0.3, -0.25) is 0 Å². The van der Waals surface area contributed by atoms with Crippen LogP contribution >= 0.6 is 0 Å². The lowest BCUT2D eigenvalue weighted by Gasteiger charge is -2.22. The van der Waals surface area contributed by atoms with Crippen LogP contribution in [0.3, 0.4) is 0 Å². The van der Waals surface area contributed by atoms with E-state index in [-0.39, 0.29) is 0 Å². The Hall–Kier alpha value is -3.08. The maximum absolute atomic E-state index is 12.7. The highest BCUT2D eigenvalue weighted by Gasteiger charge is 2.38. The van der Waals surface area contributed by atoms with Crippen molar-refractivity contribution in [2.24, 2.45) is 0 Å². The summed E-state index contributed by atoms with van der Waals surface area (Å²) in [5, 5.41) is 10.5. The van der Waals surface area contributed by atoms with Crippen molar-refractivity contribution in [3.8, 4) is 11.5 Å². The number of fused-ring (bicyclic) bond motifs is 1. The molecule has 2 aromatic carbocycles. The number of alkyl halides is 6. The zero-order valence-electron chi connectivity index (χ0n) is 16.4. The van der Waals surface area contributed by atoms with E-state index in [0.717, 1.165) is 43.6 Å². The van der Waals surface area contributed by atoms with Crippen LogP contribution in [0.1, 0.15) is 29.9 Å². The first kappa shape index (κ1) is 23.6. The molecule has 32 heavy (non-hydrogen) atoms. The molecule has 2 heterocycles. The molecule has 2 N–H and O–H groups in total. The fourth-order valence-corrected chi connectivity index (χ4v) is 3.28. The lowest BCUT2D eigenvalue weighted by molar-refractivity contribution is -0.192. The Balaban J connectivity index is 0.000000360. The monoisotopic (exact) mass is 460 g/mol. The fraction of sp³-hybridized carbons (Fsp3) is 0.333. The third-order valence-electron chi connectivity index (χ3n) is 4.92. The lowest BCUT2D eigenvalue weighted by Crippen LogP contribution is -2.26. The van der Waals surface area contributed by atoms with Crippen LogP contribution in [0.5, 0.6) is 0 Å². The molecule has 0 spiro atoms. The predicted octanol–water partition coefficient (Wildman–Crippen LogP) is 5.61. The van der Waals surface area contributed by atoms with Crippen molar-refractivity contribution >= 4 is 17.1 Å². The summed E-state index contributed by atoms with van der Waals surface area (Å²) in [4.78, 5) is 13.4. The van der Waals surface area contributed by atoms with Crippen molar-refractivity contribution in [1.29, 1.82) is 0 Å². The van der Waals surface area contributed by atoms with Crippen molar-refractivity contribution in [1.82, 2.24) is 10.3 Å². The van der Waals surface area contributed by atoms with Gasteiger partial charge in [-0.15, -0.1) is 0 Å². The predicted molar refractivity (Wildman–Crippen MR) is 103 cm³/mol. The van der Waals surface area contributed by atoms with Crippen LogP contribution in [-0.2, 0) is 11.0 Å². The zero-order chi connectivity index (χ0) is 23.5. The molecule has 5 nitrogen and oxygen atoms in total. The summed E-state index contributed by atoms with van der Waals surface area (Å²) in [5.41, 5.74) is 2.48. The molecule has 0 amide bonds. The van der Waals surface area contributed by atoms with Gasteiger partial charge in [-0.25, -0.2) is 9.78 Å². The molecule has 172 valence electrons. The molecule has 0 aliphatic carbocycles. The van der Waals surface area contributed by atoms with E-state index in [2.05, 4.69) is 16.4 Å². The summed E-state index contributed by atoms with van der Waals surface area (Å²) in [6, 6.07) is 10.9. The van der Waals surface area contributed by atoms with Crippen molar-refractivity contribution in [3.63, 3.8) is 0 Å². The zero-order valence-corrected chi connectivity index (χ0v) is 16.4. The lowest BCUT2D eigenvalue weighted by atomic mass is 9.90. The summed E-state index contributed by atoms with van der Waals surface area (Å²) in [6.07, 6.45) is -7.24. The Labute approximate surface area is 178 Å². The number of carboxylic acid groups (broad SMARTS) is 1. The minimum absolute atomic E-state index is 0.339. The number of benzene rings is 2. The molecule has 0 saturated carbocycles. The van der Waals surface area contributed by atoms with E-state index in [4.69, 9.17) is 14.3 Å². The molecule has 3 aromatic rings. The molecule has 4 rings (SSSR count).